The normalized spacial score (nSPS) is 12.6. The molecule has 5 nitrogen and oxygen atoms in total. The van der Waals surface area contributed by atoms with Crippen molar-refractivity contribution < 1.29 is 14.3 Å². The number of hydrazine groups is 1. The van der Waals surface area contributed by atoms with Crippen LogP contribution in [-0.4, -0.2) is 18.4 Å². The van der Waals surface area contributed by atoms with E-state index in [-0.39, 0.29) is 12.5 Å². The number of hydrogen-bond acceptors (Lipinski definition) is 4. The van der Waals surface area contributed by atoms with E-state index >= 15 is 0 Å². The highest BCUT2D eigenvalue weighted by molar-refractivity contribution is 7.14. The molecule has 132 valence electrons. The SMILES string of the molecule is CCc1sc(C(=O)NNC(=O)COc2ccc3c(c2)CCC3)cc1C. The summed E-state index contributed by atoms with van der Waals surface area (Å²) in [5, 5.41) is 0. The Morgan fingerprint density at radius 3 is 2.72 bits per heavy atom. The van der Waals surface area contributed by atoms with E-state index in [2.05, 4.69) is 23.8 Å². The van der Waals surface area contributed by atoms with Crippen LogP contribution in [-0.2, 0) is 24.1 Å². The summed E-state index contributed by atoms with van der Waals surface area (Å²) in [7, 11) is 0. The molecule has 0 spiro atoms. The number of rotatable bonds is 5. The Bertz CT molecular complexity index is 798. The van der Waals surface area contributed by atoms with Crippen molar-refractivity contribution in [1.29, 1.82) is 0 Å². The maximum atomic E-state index is 12.1. The molecule has 1 aliphatic carbocycles. The van der Waals surface area contributed by atoms with Crippen molar-refractivity contribution in [1.82, 2.24) is 10.9 Å². The first-order valence-corrected chi connectivity index (χ1v) is 9.31. The summed E-state index contributed by atoms with van der Waals surface area (Å²) in [6.45, 7) is 3.90. The first-order chi connectivity index (χ1) is 12.1. The van der Waals surface area contributed by atoms with E-state index in [0.29, 0.717) is 10.6 Å². The quantitative estimate of drug-likeness (QED) is 0.808. The molecule has 0 saturated heterocycles. The molecular formula is C19H22N2O3S. The van der Waals surface area contributed by atoms with Crippen LogP contribution < -0.4 is 15.6 Å². The summed E-state index contributed by atoms with van der Waals surface area (Å²) < 4.78 is 5.51. The van der Waals surface area contributed by atoms with Gasteiger partial charge in [0, 0.05) is 4.88 Å². The Morgan fingerprint density at radius 2 is 1.96 bits per heavy atom. The summed E-state index contributed by atoms with van der Waals surface area (Å²) in [6.07, 6.45) is 4.25. The van der Waals surface area contributed by atoms with Crippen molar-refractivity contribution in [2.45, 2.75) is 39.5 Å². The number of fused-ring (bicyclic) bond motifs is 1. The molecule has 3 rings (SSSR count). The summed E-state index contributed by atoms with van der Waals surface area (Å²) in [4.78, 5) is 25.7. The van der Waals surface area contributed by atoms with Crippen molar-refractivity contribution in [2.24, 2.45) is 0 Å². The Morgan fingerprint density at radius 1 is 1.16 bits per heavy atom. The first-order valence-electron chi connectivity index (χ1n) is 8.50. The zero-order chi connectivity index (χ0) is 17.8. The first kappa shape index (κ1) is 17.5. The molecule has 0 unspecified atom stereocenters. The second-order valence-electron chi connectivity index (χ2n) is 6.15. The largest absolute Gasteiger partial charge is 0.484 e. The Balaban J connectivity index is 1.47. The van der Waals surface area contributed by atoms with Crippen LogP contribution in [0, 0.1) is 6.92 Å². The molecule has 2 amide bonds. The van der Waals surface area contributed by atoms with Gasteiger partial charge in [-0.2, -0.15) is 0 Å². The van der Waals surface area contributed by atoms with E-state index in [1.54, 1.807) is 0 Å². The number of thiophene rings is 1. The lowest BCUT2D eigenvalue weighted by Gasteiger charge is -2.09. The maximum Gasteiger partial charge on any atom is 0.279 e. The van der Waals surface area contributed by atoms with Crippen LogP contribution in [0.2, 0.25) is 0 Å². The van der Waals surface area contributed by atoms with Crippen molar-refractivity contribution >= 4 is 23.2 Å². The fraction of sp³-hybridized carbons (Fsp3) is 0.368. The summed E-state index contributed by atoms with van der Waals surface area (Å²) in [5.41, 5.74) is 8.59. The van der Waals surface area contributed by atoms with Gasteiger partial charge in [-0.3, -0.25) is 20.4 Å². The van der Waals surface area contributed by atoms with Gasteiger partial charge in [0.15, 0.2) is 6.61 Å². The van der Waals surface area contributed by atoms with Gasteiger partial charge in [0.1, 0.15) is 5.75 Å². The van der Waals surface area contributed by atoms with Gasteiger partial charge in [0.05, 0.1) is 4.88 Å². The van der Waals surface area contributed by atoms with Crippen LogP contribution >= 0.6 is 11.3 Å². The minimum absolute atomic E-state index is 0.136. The molecule has 0 fully saturated rings. The molecule has 0 atom stereocenters. The van der Waals surface area contributed by atoms with Crippen LogP contribution in [0.3, 0.4) is 0 Å². The zero-order valence-electron chi connectivity index (χ0n) is 14.5. The van der Waals surface area contributed by atoms with Gasteiger partial charge in [0.2, 0.25) is 0 Å². The fourth-order valence-corrected chi connectivity index (χ4v) is 4.00. The molecule has 6 heteroatoms. The molecule has 2 aromatic rings. The number of nitrogens with one attached hydrogen (secondary N) is 2. The third-order valence-corrected chi connectivity index (χ3v) is 5.70. The summed E-state index contributed by atoms with van der Waals surface area (Å²) in [5.74, 6) is -0.0138. The molecule has 0 aliphatic heterocycles. The monoisotopic (exact) mass is 358 g/mol. The Kier molecular flexibility index (Phi) is 5.38. The number of benzene rings is 1. The van der Waals surface area contributed by atoms with Gasteiger partial charge in [-0.25, -0.2) is 0 Å². The summed E-state index contributed by atoms with van der Waals surface area (Å²) in [6, 6.07) is 7.78. The second kappa shape index (κ2) is 7.70. The average Bonchev–Trinajstić information content (AvgIpc) is 3.23. The van der Waals surface area contributed by atoms with E-state index in [1.165, 1.54) is 33.8 Å². The molecule has 1 aromatic carbocycles. The predicted octanol–water partition coefficient (Wildman–Crippen LogP) is 2.95. The van der Waals surface area contributed by atoms with E-state index in [1.807, 2.05) is 25.1 Å². The molecule has 0 radical (unpaired) electrons. The third kappa shape index (κ3) is 4.20. The number of amides is 2. The van der Waals surface area contributed by atoms with Crippen LogP contribution in [0.4, 0.5) is 0 Å². The van der Waals surface area contributed by atoms with Crippen LogP contribution in [0.1, 0.15) is 44.6 Å². The van der Waals surface area contributed by atoms with Gasteiger partial charge in [-0.1, -0.05) is 13.0 Å². The number of carbonyl (C=O) groups is 2. The molecule has 1 aromatic heterocycles. The van der Waals surface area contributed by atoms with Crippen molar-refractivity contribution in [3.63, 3.8) is 0 Å². The number of hydrogen-bond donors (Lipinski definition) is 2. The van der Waals surface area contributed by atoms with E-state index in [4.69, 9.17) is 4.74 Å². The molecule has 25 heavy (non-hydrogen) atoms. The van der Waals surface area contributed by atoms with Gasteiger partial charge in [0.25, 0.3) is 11.8 Å². The van der Waals surface area contributed by atoms with Gasteiger partial charge < -0.3 is 4.74 Å². The summed E-state index contributed by atoms with van der Waals surface area (Å²) >= 11 is 1.45. The molecule has 0 bridgehead atoms. The van der Waals surface area contributed by atoms with E-state index < -0.39 is 5.91 Å². The standard InChI is InChI=1S/C19H22N2O3S/c1-3-16-12(2)9-17(25-16)19(23)21-20-18(22)11-24-15-8-7-13-5-4-6-14(13)10-15/h7-10H,3-6,11H2,1-2H3,(H,20,22)(H,21,23). The molecule has 1 heterocycles. The lowest BCUT2D eigenvalue weighted by atomic mass is 10.1. The van der Waals surface area contributed by atoms with E-state index in [0.717, 1.165) is 24.8 Å². The van der Waals surface area contributed by atoms with Gasteiger partial charge in [-0.15, -0.1) is 11.3 Å². The molecule has 2 N–H and O–H groups in total. The van der Waals surface area contributed by atoms with Crippen molar-refractivity contribution in [3.8, 4) is 5.75 Å². The van der Waals surface area contributed by atoms with Crippen LogP contribution in [0.15, 0.2) is 24.3 Å². The minimum atomic E-state index is -0.391. The van der Waals surface area contributed by atoms with Gasteiger partial charge >= 0.3 is 0 Å². The minimum Gasteiger partial charge on any atom is -0.484 e. The lowest BCUT2D eigenvalue weighted by molar-refractivity contribution is -0.123. The van der Waals surface area contributed by atoms with Crippen LogP contribution in [0.25, 0.3) is 0 Å². The topological polar surface area (TPSA) is 67.4 Å². The van der Waals surface area contributed by atoms with Gasteiger partial charge in [-0.05, 0) is 67.5 Å². The van der Waals surface area contributed by atoms with Crippen LogP contribution in [0.5, 0.6) is 5.75 Å². The highest BCUT2D eigenvalue weighted by Crippen LogP contribution is 2.26. The average molecular weight is 358 g/mol. The Hall–Kier alpha value is -2.34. The lowest BCUT2D eigenvalue weighted by Crippen LogP contribution is -2.43. The number of aryl methyl sites for hydroxylation is 4. The second-order valence-corrected chi connectivity index (χ2v) is 7.28. The molecular weight excluding hydrogens is 336 g/mol. The smallest absolute Gasteiger partial charge is 0.279 e. The molecule has 0 saturated carbocycles. The van der Waals surface area contributed by atoms with Crippen molar-refractivity contribution in [2.75, 3.05) is 6.61 Å². The maximum absolute atomic E-state index is 12.1. The van der Waals surface area contributed by atoms with Crippen molar-refractivity contribution in [3.05, 3.63) is 50.7 Å². The molecule has 1 aliphatic rings. The number of ether oxygens (including phenoxy) is 1. The number of carbonyl (C=O) groups excluding carboxylic acids is 2. The third-order valence-electron chi connectivity index (χ3n) is 4.32. The highest BCUT2D eigenvalue weighted by atomic mass is 32.1. The fourth-order valence-electron chi connectivity index (χ4n) is 2.99. The predicted molar refractivity (Wildman–Crippen MR) is 98.0 cm³/mol. The Labute approximate surface area is 151 Å². The van der Waals surface area contributed by atoms with E-state index in [9.17, 15) is 9.59 Å². The zero-order valence-corrected chi connectivity index (χ0v) is 15.3. The highest BCUT2D eigenvalue weighted by Gasteiger charge is 2.14.